The lowest BCUT2D eigenvalue weighted by atomic mass is 9.81. The third-order valence-corrected chi connectivity index (χ3v) is 8.00. The van der Waals surface area contributed by atoms with E-state index in [2.05, 4.69) is 39.6 Å². The number of nitrogens with zero attached hydrogens (tertiary/aromatic N) is 7. The minimum absolute atomic E-state index is 0.0282. The normalized spacial score (nSPS) is 18.9. The molecular weight excluding hydrogens is 566 g/mol. The number of methoxy groups -OCH3 is 3. The van der Waals surface area contributed by atoms with E-state index >= 15 is 0 Å². The number of halogens is 3. The van der Waals surface area contributed by atoms with E-state index in [1.54, 1.807) is 0 Å². The average Bonchev–Trinajstić information content (AvgIpc) is 3.28. The monoisotopic (exact) mass is 590 g/mol. The summed E-state index contributed by atoms with van der Waals surface area (Å²) in [5, 5.41) is 7.26. The predicted octanol–water partition coefficient (Wildman–Crippen LogP) is 2.52. The van der Waals surface area contributed by atoms with Crippen molar-refractivity contribution in [2.45, 2.75) is 49.8 Å². The van der Waals surface area contributed by atoms with Crippen LogP contribution in [0.5, 0.6) is 11.8 Å². The fourth-order valence-corrected chi connectivity index (χ4v) is 5.31. The van der Waals surface area contributed by atoms with E-state index in [-0.39, 0.29) is 52.9 Å². The second kappa shape index (κ2) is 11.8. The Morgan fingerprint density at radius 1 is 1.05 bits per heavy atom. The number of alkyl halides is 2. The van der Waals surface area contributed by atoms with E-state index < -0.39 is 40.0 Å². The lowest BCUT2D eigenvalue weighted by Crippen LogP contribution is -2.34. The minimum Gasteiger partial charge on any atom is -0.479 e. The first-order valence-corrected chi connectivity index (χ1v) is 13.4. The molecule has 0 bridgehead atoms. The van der Waals surface area contributed by atoms with Crippen LogP contribution in [0.4, 0.5) is 14.7 Å². The number of aromatic nitrogens is 7. The molecule has 1 N–H and O–H groups in total. The quantitative estimate of drug-likeness (QED) is 0.328. The lowest BCUT2D eigenvalue weighted by Gasteiger charge is -2.34. The van der Waals surface area contributed by atoms with Gasteiger partial charge in [-0.05, 0) is 19.8 Å². The summed E-state index contributed by atoms with van der Waals surface area (Å²) in [5.74, 6) is -0.249. The number of anilines is 1. The molecule has 1 aliphatic carbocycles. The zero-order valence-corrected chi connectivity index (χ0v) is 22.7. The number of ether oxygens (including phenoxy) is 4. The highest BCUT2D eigenvalue weighted by Crippen LogP contribution is 2.42. The number of hydrogen-bond donors (Lipinski definition) is 1. The van der Waals surface area contributed by atoms with Gasteiger partial charge in [0.05, 0.1) is 25.3 Å². The maximum absolute atomic E-state index is 13.5. The molecule has 1 fully saturated rings. The van der Waals surface area contributed by atoms with Crippen molar-refractivity contribution in [1.82, 2.24) is 34.7 Å². The second-order valence-corrected chi connectivity index (χ2v) is 10.9. The molecule has 0 amide bonds. The van der Waals surface area contributed by atoms with Crippen molar-refractivity contribution in [2.24, 2.45) is 0 Å². The fraction of sp³-hybridized carbons (Fsp3) is 0.524. The summed E-state index contributed by atoms with van der Waals surface area (Å²) < 4.78 is 76.8. The van der Waals surface area contributed by atoms with Crippen molar-refractivity contribution < 1.29 is 36.1 Å². The van der Waals surface area contributed by atoms with E-state index in [1.807, 2.05) is 0 Å². The van der Waals surface area contributed by atoms with Crippen LogP contribution in [0.3, 0.4) is 0 Å². The van der Waals surface area contributed by atoms with Crippen LogP contribution in [0, 0.1) is 0 Å². The summed E-state index contributed by atoms with van der Waals surface area (Å²) in [4.78, 5) is 16.3. The molecule has 3 aromatic heterocycles. The van der Waals surface area contributed by atoms with Crippen LogP contribution in [0.15, 0.2) is 18.7 Å². The van der Waals surface area contributed by atoms with Crippen molar-refractivity contribution in [1.29, 1.82) is 0 Å². The van der Waals surface area contributed by atoms with Gasteiger partial charge in [-0.1, -0.05) is 11.6 Å². The van der Waals surface area contributed by atoms with Gasteiger partial charge in [0.25, 0.3) is 0 Å². The van der Waals surface area contributed by atoms with Gasteiger partial charge in [0.1, 0.15) is 23.5 Å². The van der Waals surface area contributed by atoms with Crippen molar-refractivity contribution in [3.05, 3.63) is 35.4 Å². The molecule has 39 heavy (non-hydrogen) atoms. The minimum atomic E-state index is -4.24. The molecule has 18 heteroatoms. The molecule has 1 aliphatic rings. The third-order valence-electron chi connectivity index (χ3n) is 6.11. The highest BCUT2D eigenvalue weighted by atomic mass is 35.5. The van der Waals surface area contributed by atoms with Gasteiger partial charge in [0, 0.05) is 25.4 Å². The van der Waals surface area contributed by atoms with Crippen LogP contribution < -0.4 is 14.2 Å². The van der Waals surface area contributed by atoms with E-state index in [0.717, 1.165) is 0 Å². The topological polar surface area (TPSA) is 165 Å². The SMILES string of the molecule is COc1ncnc(OC)c1-n1c(NS(=O)(=O)[C@@H](C)[C@H](OC)c2ncc(Cl)cn2)nnc1[C@H]1C[C@H](OC(F)F)C1. The summed E-state index contributed by atoms with van der Waals surface area (Å²) >= 11 is 5.85. The molecule has 212 valence electrons. The summed E-state index contributed by atoms with van der Waals surface area (Å²) in [6.07, 6.45) is 2.47. The van der Waals surface area contributed by atoms with Gasteiger partial charge in [0.15, 0.2) is 11.5 Å². The fourth-order valence-electron chi connectivity index (χ4n) is 4.08. The van der Waals surface area contributed by atoms with Gasteiger partial charge in [-0.15, -0.1) is 10.2 Å². The molecule has 2 atom stereocenters. The zero-order valence-electron chi connectivity index (χ0n) is 21.2. The Labute approximate surface area is 227 Å². The Balaban J connectivity index is 1.73. The van der Waals surface area contributed by atoms with Gasteiger partial charge in [-0.25, -0.2) is 18.4 Å². The standard InChI is InChI=1S/C21H25ClF2N8O6S/c1-10(15(35-2)16-25-7-12(22)8-26-16)39(33,34)31-21-30-29-17(11-5-13(6-11)38-20(23)24)32(21)14-18(36-3)27-9-28-19(14)37-4/h7-11,13,15,20H,5-6H2,1-4H3,(H,30,31)/t10-,11-,13-,15-/m0/s1. The molecule has 0 saturated heterocycles. The van der Waals surface area contributed by atoms with Crippen molar-refractivity contribution in [3.8, 4) is 17.4 Å². The van der Waals surface area contributed by atoms with Crippen LogP contribution in [-0.2, 0) is 19.5 Å². The van der Waals surface area contributed by atoms with Crippen LogP contribution >= 0.6 is 11.6 Å². The molecule has 14 nitrogen and oxygen atoms in total. The van der Waals surface area contributed by atoms with E-state index in [4.69, 9.17) is 25.8 Å². The Bertz CT molecular complexity index is 1370. The second-order valence-electron chi connectivity index (χ2n) is 8.41. The molecule has 0 aliphatic heterocycles. The predicted molar refractivity (Wildman–Crippen MR) is 132 cm³/mol. The van der Waals surface area contributed by atoms with E-state index in [0.29, 0.717) is 0 Å². The summed E-state index contributed by atoms with van der Waals surface area (Å²) in [7, 11) is -0.211. The van der Waals surface area contributed by atoms with Crippen LogP contribution in [0.1, 0.15) is 43.4 Å². The Morgan fingerprint density at radius 3 is 2.21 bits per heavy atom. The number of hydrogen-bond acceptors (Lipinski definition) is 12. The number of nitrogens with one attached hydrogen (secondary N) is 1. The van der Waals surface area contributed by atoms with Gasteiger partial charge in [0.2, 0.25) is 27.7 Å². The molecule has 4 rings (SSSR count). The van der Waals surface area contributed by atoms with Gasteiger partial charge >= 0.3 is 6.61 Å². The van der Waals surface area contributed by atoms with Gasteiger partial charge in [-0.3, -0.25) is 9.29 Å². The Morgan fingerprint density at radius 2 is 1.67 bits per heavy atom. The molecule has 3 heterocycles. The van der Waals surface area contributed by atoms with Crippen molar-refractivity contribution >= 4 is 27.6 Å². The Hall–Kier alpha value is -3.28. The molecule has 0 unspecified atom stereocenters. The van der Waals surface area contributed by atoms with E-state index in [1.165, 1.54) is 51.5 Å². The lowest BCUT2D eigenvalue weighted by molar-refractivity contribution is -0.184. The maximum atomic E-state index is 13.5. The van der Waals surface area contributed by atoms with Crippen LogP contribution in [0.2, 0.25) is 5.02 Å². The average molecular weight is 591 g/mol. The van der Waals surface area contributed by atoms with E-state index in [9.17, 15) is 17.2 Å². The number of sulfonamides is 1. The molecule has 0 spiro atoms. The van der Waals surface area contributed by atoms with Crippen molar-refractivity contribution in [2.75, 3.05) is 26.1 Å². The zero-order chi connectivity index (χ0) is 28.3. The first-order chi connectivity index (χ1) is 18.6. The highest BCUT2D eigenvalue weighted by molar-refractivity contribution is 7.93. The number of rotatable bonds is 12. The van der Waals surface area contributed by atoms with Crippen LogP contribution in [-0.4, -0.2) is 82.4 Å². The van der Waals surface area contributed by atoms with Crippen molar-refractivity contribution in [3.63, 3.8) is 0 Å². The third kappa shape index (κ3) is 6.00. The summed E-state index contributed by atoms with van der Waals surface area (Å²) in [5.41, 5.74) is 0.107. The molecule has 0 aromatic carbocycles. The smallest absolute Gasteiger partial charge is 0.345 e. The first kappa shape index (κ1) is 28.7. The molecule has 1 saturated carbocycles. The first-order valence-electron chi connectivity index (χ1n) is 11.4. The Kier molecular flexibility index (Phi) is 8.73. The summed E-state index contributed by atoms with van der Waals surface area (Å²) in [6, 6.07) is 0. The molecule has 0 radical (unpaired) electrons. The largest absolute Gasteiger partial charge is 0.479 e. The van der Waals surface area contributed by atoms with Gasteiger partial charge < -0.3 is 18.9 Å². The maximum Gasteiger partial charge on any atom is 0.345 e. The summed E-state index contributed by atoms with van der Waals surface area (Å²) in [6.45, 7) is -1.51. The molecular formula is C21H25ClF2N8O6S. The van der Waals surface area contributed by atoms with Crippen LogP contribution in [0.25, 0.3) is 5.69 Å². The highest BCUT2D eigenvalue weighted by Gasteiger charge is 2.40. The molecule has 3 aromatic rings. The van der Waals surface area contributed by atoms with Gasteiger partial charge in [-0.2, -0.15) is 18.7 Å².